The van der Waals surface area contributed by atoms with E-state index in [1.54, 1.807) is 6.07 Å². The Balaban J connectivity index is 2.92. The highest BCUT2D eigenvalue weighted by molar-refractivity contribution is 6.32. The second-order valence-electron chi connectivity index (χ2n) is 3.20. The zero-order chi connectivity index (χ0) is 10.6. The summed E-state index contributed by atoms with van der Waals surface area (Å²) in [4.78, 5) is 2.12. The molecule has 0 unspecified atom stereocenters. The van der Waals surface area contributed by atoms with E-state index >= 15 is 0 Å². The monoisotopic (exact) mass is 208 g/mol. The van der Waals surface area contributed by atoms with Crippen molar-refractivity contribution in [3.8, 4) is 6.07 Å². The van der Waals surface area contributed by atoms with Crippen molar-refractivity contribution in [1.82, 2.24) is 0 Å². The van der Waals surface area contributed by atoms with Crippen LogP contribution in [0, 0.1) is 11.3 Å². The molecule has 0 radical (unpaired) electrons. The number of anilines is 1. The van der Waals surface area contributed by atoms with Gasteiger partial charge in [-0.15, -0.1) is 0 Å². The number of hydrogen-bond donors (Lipinski definition) is 0. The summed E-state index contributed by atoms with van der Waals surface area (Å²) in [7, 11) is 2.02. The topological polar surface area (TPSA) is 27.0 Å². The summed E-state index contributed by atoms with van der Waals surface area (Å²) in [6, 6.07) is 7.54. The Labute approximate surface area is 89.7 Å². The minimum atomic E-state index is 0.521. The van der Waals surface area contributed by atoms with Gasteiger partial charge in [0.2, 0.25) is 0 Å². The fourth-order valence-electron chi connectivity index (χ4n) is 1.30. The van der Waals surface area contributed by atoms with Crippen LogP contribution in [0.2, 0.25) is 5.02 Å². The fraction of sp³-hybridized carbons (Fsp3) is 0.364. The van der Waals surface area contributed by atoms with Crippen molar-refractivity contribution in [3.63, 3.8) is 0 Å². The van der Waals surface area contributed by atoms with Gasteiger partial charge in [-0.3, -0.25) is 0 Å². The van der Waals surface area contributed by atoms with Gasteiger partial charge in [0.25, 0.3) is 0 Å². The van der Waals surface area contributed by atoms with Gasteiger partial charge in [0.1, 0.15) is 6.07 Å². The lowest BCUT2D eigenvalue weighted by Crippen LogP contribution is -2.17. The average Bonchev–Trinajstić information content (AvgIpc) is 2.18. The van der Waals surface area contributed by atoms with E-state index < -0.39 is 0 Å². The first-order valence-corrected chi connectivity index (χ1v) is 4.97. The normalized spacial score (nSPS) is 9.57. The second kappa shape index (κ2) is 4.88. The number of hydrogen-bond acceptors (Lipinski definition) is 2. The molecule has 0 atom stereocenters. The number of halogens is 1. The first kappa shape index (κ1) is 10.9. The molecule has 0 saturated heterocycles. The van der Waals surface area contributed by atoms with Gasteiger partial charge in [-0.1, -0.05) is 18.5 Å². The van der Waals surface area contributed by atoms with Gasteiger partial charge in [0, 0.05) is 19.3 Å². The number of benzene rings is 1. The number of rotatable bonds is 3. The Kier molecular flexibility index (Phi) is 3.79. The van der Waals surface area contributed by atoms with Crippen LogP contribution in [0.5, 0.6) is 0 Å². The molecule has 0 aliphatic rings. The van der Waals surface area contributed by atoms with Crippen LogP contribution in [0.1, 0.15) is 18.9 Å². The molecular formula is C11H13ClN2. The summed E-state index contributed by atoms with van der Waals surface area (Å²) in [5.74, 6) is 0. The van der Waals surface area contributed by atoms with E-state index in [-0.39, 0.29) is 0 Å². The van der Waals surface area contributed by atoms with E-state index in [1.807, 2.05) is 25.2 Å². The van der Waals surface area contributed by atoms with Crippen molar-refractivity contribution in [2.24, 2.45) is 0 Å². The van der Waals surface area contributed by atoms with E-state index in [0.717, 1.165) is 18.7 Å². The summed E-state index contributed by atoms with van der Waals surface area (Å²) in [5, 5.41) is 9.22. The van der Waals surface area contributed by atoms with Crippen molar-refractivity contribution in [2.45, 2.75) is 13.3 Å². The molecule has 74 valence electrons. The molecule has 0 spiro atoms. The number of nitriles is 1. The summed E-state index contributed by atoms with van der Waals surface area (Å²) >= 11 is 5.92. The van der Waals surface area contributed by atoms with Crippen molar-refractivity contribution >= 4 is 17.3 Å². The zero-order valence-electron chi connectivity index (χ0n) is 8.42. The summed E-state index contributed by atoms with van der Waals surface area (Å²) in [5.41, 5.74) is 1.58. The van der Waals surface area contributed by atoms with Crippen LogP contribution in [0.25, 0.3) is 0 Å². The molecule has 0 saturated carbocycles. The van der Waals surface area contributed by atoms with Crippen LogP contribution in [0.3, 0.4) is 0 Å². The lowest BCUT2D eigenvalue weighted by atomic mass is 10.2. The molecule has 0 aliphatic heterocycles. The van der Waals surface area contributed by atoms with E-state index in [1.165, 1.54) is 0 Å². The maximum Gasteiger partial charge on any atom is 0.101 e. The minimum Gasteiger partial charge on any atom is -0.375 e. The Morgan fingerprint density at radius 1 is 1.50 bits per heavy atom. The quantitative estimate of drug-likeness (QED) is 0.764. The Morgan fingerprint density at radius 3 is 2.71 bits per heavy atom. The van der Waals surface area contributed by atoms with Crippen LogP contribution in [-0.2, 0) is 0 Å². The van der Waals surface area contributed by atoms with E-state index in [9.17, 15) is 0 Å². The first-order valence-electron chi connectivity index (χ1n) is 4.59. The maximum absolute atomic E-state index is 8.70. The van der Waals surface area contributed by atoms with Crippen LogP contribution >= 0.6 is 11.6 Å². The standard InChI is InChI=1S/C11H13ClN2/c1-3-6-14(2)10-5-4-9(8-13)11(12)7-10/h4-5,7H,3,6H2,1-2H3. The Morgan fingerprint density at radius 2 is 2.21 bits per heavy atom. The molecule has 3 heteroatoms. The molecule has 0 bridgehead atoms. The molecule has 0 N–H and O–H groups in total. The maximum atomic E-state index is 8.70. The van der Waals surface area contributed by atoms with Crippen LogP contribution in [0.4, 0.5) is 5.69 Å². The second-order valence-corrected chi connectivity index (χ2v) is 3.60. The molecule has 0 aliphatic carbocycles. The predicted octanol–water partition coefficient (Wildman–Crippen LogP) is 3.06. The van der Waals surface area contributed by atoms with E-state index in [0.29, 0.717) is 10.6 Å². The van der Waals surface area contributed by atoms with Gasteiger partial charge in [0.05, 0.1) is 10.6 Å². The van der Waals surface area contributed by atoms with E-state index in [2.05, 4.69) is 11.8 Å². The average molecular weight is 209 g/mol. The smallest absolute Gasteiger partial charge is 0.101 e. The third-order valence-corrected chi connectivity index (χ3v) is 2.39. The lowest BCUT2D eigenvalue weighted by molar-refractivity contribution is 0.852. The zero-order valence-corrected chi connectivity index (χ0v) is 9.17. The van der Waals surface area contributed by atoms with Crippen molar-refractivity contribution in [3.05, 3.63) is 28.8 Å². The third-order valence-electron chi connectivity index (χ3n) is 2.07. The molecule has 1 aromatic rings. The molecule has 0 amide bonds. The molecule has 0 heterocycles. The van der Waals surface area contributed by atoms with Gasteiger partial charge >= 0.3 is 0 Å². The highest BCUT2D eigenvalue weighted by atomic mass is 35.5. The lowest BCUT2D eigenvalue weighted by Gasteiger charge is -2.18. The molecule has 14 heavy (non-hydrogen) atoms. The van der Waals surface area contributed by atoms with Crippen LogP contribution in [-0.4, -0.2) is 13.6 Å². The molecule has 0 fully saturated rings. The molecule has 1 rings (SSSR count). The van der Waals surface area contributed by atoms with E-state index in [4.69, 9.17) is 16.9 Å². The van der Waals surface area contributed by atoms with Gasteiger partial charge in [0.15, 0.2) is 0 Å². The summed E-state index contributed by atoms with van der Waals surface area (Å²) in [6.45, 7) is 3.12. The van der Waals surface area contributed by atoms with Gasteiger partial charge in [-0.05, 0) is 24.6 Å². The minimum absolute atomic E-state index is 0.521. The van der Waals surface area contributed by atoms with Crippen molar-refractivity contribution in [1.29, 1.82) is 5.26 Å². The molecule has 1 aromatic carbocycles. The third kappa shape index (κ3) is 2.40. The highest BCUT2D eigenvalue weighted by Crippen LogP contribution is 2.22. The Hall–Kier alpha value is -1.20. The van der Waals surface area contributed by atoms with Gasteiger partial charge in [-0.2, -0.15) is 5.26 Å². The summed E-state index contributed by atoms with van der Waals surface area (Å²) in [6.07, 6.45) is 1.09. The van der Waals surface area contributed by atoms with Crippen LogP contribution < -0.4 is 4.90 Å². The summed E-state index contributed by atoms with van der Waals surface area (Å²) < 4.78 is 0. The molecule has 2 nitrogen and oxygen atoms in total. The SMILES string of the molecule is CCCN(C)c1ccc(C#N)c(Cl)c1. The van der Waals surface area contributed by atoms with Gasteiger partial charge < -0.3 is 4.90 Å². The van der Waals surface area contributed by atoms with Gasteiger partial charge in [-0.25, -0.2) is 0 Å². The highest BCUT2D eigenvalue weighted by Gasteiger charge is 2.03. The number of nitrogens with zero attached hydrogens (tertiary/aromatic N) is 2. The fourth-order valence-corrected chi connectivity index (χ4v) is 1.51. The Bertz CT molecular complexity index is 355. The first-order chi connectivity index (χ1) is 6.69. The van der Waals surface area contributed by atoms with Crippen molar-refractivity contribution in [2.75, 3.05) is 18.5 Å². The predicted molar refractivity (Wildman–Crippen MR) is 59.7 cm³/mol. The van der Waals surface area contributed by atoms with Crippen LogP contribution in [0.15, 0.2) is 18.2 Å². The molecule has 0 aromatic heterocycles. The largest absolute Gasteiger partial charge is 0.375 e. The molecular weight excluding hydrogens is 196 g/mol. The van der Waals surface area contributed by atoms with Crippen molar-refractivity contribution < 1.29 is 0 Å².